The number of halogens is 1. The van der Waals surface area contributed by atoms with Gasteiger partial charge in [0.15, 0.2) is 6.61 Å². The molecule has 1 heterocycles. The van der Waals surface area contributed by atoms with E-state index in [1.54, 1.807) is 19.1 Å². The molecule has 33 heavy (non-hydrogen) atoms. The van der Waals surface area contributed by atoms with Gasteiger partial charge in [-0.05, 0) is 57.1 Å². The van der Waals surface area contributed by atoms with Crippen LogP contribution in [-0.4, -0.2) is 45.7 Å². The van der Waals surface area contributed by atoms with Crippen LogP contribution in [0.3, 0.4) is 0 Å². The zero-order valence-electron chi connectivity index (χ0n) is 18.3. The number of aliphatic hydroxyl groups excluding tert-OH is 1. The van der Waals surface area contributed by atoms with E-state index in [0.29, 0.717) is 55.7 Å². The van der Waals surface area contributed by atoms with Crippen LogP contribution in [0.15, 0.2) is 34.9 Å². The van der Waals surface area contributed by atoms with Crippen molar-refractivity contribution in [1.82, 2.24) is 15.6 Å². The average Bonchev–Trinajstić information content (AvgIpc) is 3.23. The highest BCUT2D eigenvalue weighted by atomic mass is 19.1. The fourth-order valence-corrected chi connectivity index (χ4v) is 5.04. The lowest BCUT2D eigenvalue weighted by atomic mass is 9.44. The molecule has 9 heteroatoms. The van der Waals surface area contributed by atoms with Crippen molar-refractivity contribution in [3.8, 4) is 5.75 Å². The van der Waals surface area contributed by atoms with Gasteiger partial charge in [0.05, 0.1) is 12.3 Å². The number of carbonyl (C=O) groups excluding carboxylic acids is 2. The maximum atomic E-state index is 13.6. The lowest BCUT2D eigenvalue weighted by molar-refractivity contribution is -0.141. The van der Waals surface area contributed by atoms with Crippen molar-refractivity contribution in [2.24, 2.45) is 0 Å². The molecular formula is C24H26FN3O5. The Morgan fingerprint density at radius 2 is 2.03 bits per heavy atom. The second-order valence-electron chi connectivity index (χ2n) is 9.48. The van der Waals surface area contributed by atoms with Gasteiger partial charge in [-0.25, -0.2) is 9.37 Å². The Bertz CT molecular complexity index is 1120. The monoisotopic (exact) mass is 455 g/mol. The van der Waals surface area contributed by atoms with E-state index in [1.807, 2.05) is 6.08 Å². The summed E-state index contributed by atoms with van der Waals surface area (Å²) >= 11 is 0. The van der Waals surface area contributed by atoms with Crippen LogP contribution in [0.25, 0.3) is 5.57 Å². The summed E-state index contributed by atoms with van der Waals surface area (Å²) in [5, 5.41) is 15.6. The molecule has 1 aromatic carbocycles. The van der Waals surface area contributed by atoms with E-state index in [4.69, 9.17) is 9.15 Å². The van der Waals surface area contributed by atoms with Gasteiger partial charge in [0, 0.05) is 22.7 Å². The number of carbonyl (C=O) groups is 2. The third-order valence-electron chi connectivity index (χ3n) is 6.71. The minimum absolute atomic E-state index is 0.151. The predicted molar refractivity (Wildman–Crippen MR) is 116 cm³/mol. The Morgan fingerprint density at radius 1 is 1.27 bits per heavy atom. The molecule has 1 aromatic heterocycles. The van der Waals surface area contributed by atoms with Crippen LogP contribution in [-0.2, 0) is 4.79 Å². The molecule has 1 atom stereocenters. The maximum Gasteiger partial charge on any atom is 0.289 e. The molecule has 3 N–H and O–H groups in total. The van der Waals surface area contributed by atoms with Gasteiger partial charge in [0.25, 0.3) is 11.8 Å². The first-order valence-corrected chi connectivity index (χ1v) is 11.1. The van der Waals surface area contributed by atoms with E-state index in [2.05, 4.69) is 15.6 Å². The molecule has 4 aliphatic carbocycles. The molecule has 2 bridgehead atoms. The smallest absolute Gasteiger partial charge is 0.289 e. The van der Waals surface area contributed by atoms with Gasteiger partial charge in [-0.1, -0.05) is 12.1 Å². The molecule has 4 aliphatic rings. The van der Waals surface area contributed by atoms with Crippen molar-refractivity contribution < 1.29 is 28.2 Å². The van der Waals surface area contributed by atoms with E-state index >= 15 is 0 Å². The summed E-state index contributed by atoms with van der Waals surface area (Å²) in [5.74, 6) is -0.101. The topological polar surface area (TPSA) is 114 Å². The first-order valence-electron chi connectivity index (χ1n) is 11.1. The Hall–Kier alpha value is -3.20. The number of aryl methyl sites for hydroxylation is 1. The van der Waals surface area contributed by atoms with Gasteiger partial charge in [-0.2, -0.15) is 0 Å². The Morgan fingerprint density at radius 3 is 2.73 bits per heavy atom. The summed E-state index contributed by atoms with van der Waals surface area (Å²) in [7, 11) is 0. The Kier molecular flexibility index (Phi) is 5.23. The number of nitrogens with one attached hydrogen (secondary N) is 2. The predicted octanol–water partition coefficient (Wildman–Crippen LogP) is 2.65. The van der Waals surface area contributed by atoms with Gasteiger partial charge >= 0.3 is 0 Å². The van der Waals surface area contributed by atoms with Crippen molar-refractivity contribution in [2.75, 3.05) is 6.61 Å². The summed E-state index contributed by atoms with van der Waals surface area (Å²) < 4.78 is 24.6. The van der Waals surface area contributed by atoms with Crippen LogP contribution in [0, 0.1) is 12.7 Å². The summed E-state index contributed by atoms with van der Waals surface area (Å²) in [6.07, 6.45) is 6.78. The first kappa shape index (κ1) is 21.6. The molecular weight excluding hydrogens is 429 g/mol. The fraction of sp³-hybridized carbons (Fsp3) is 0.458. The summed E-state index contributed by atoms with van der Waals surface area (Å²) in [6, 6.07) is 4.49. The number of amides is 2. The van der Waals surface area contributed by atoms with Crippen LogP contribution >= 0.6 is 0 Å². The summed E-state index contributed by atoms with van der Waals surface area (Å²) in [5.41, 5.74) is 0.751. The van der Waals surface area contributed by atoms with Gasteiger partial charge in [0.2, 0.25) is 11.7 Å². The molecule has 6 rings (SSSR count). The second-order valence-corrected chi connectivity index (χ2v) is 9.48. The van der Waals surface area contributed by atoms with Crippen molar-refractivity contribution >= 4 is 17.4 Å². The molecule has 8 nitrogen and oxygen atoms in total. The van der Waals surface area contributed by atoms with Gasteiger partial charge in [0.1, 0.15) is 11.6 Å². The number of ether oxygens (including phenoxy) is 1. The van der Waals surface area contributed by atoms with E-state index in [0.717, 1.165) is 5.57 Å². The molecule has 0 spiro atoms. The van der Waals surface area contributed by atoms with Crippen molar-refractivity contribution in [2.45, 2.75) is 62.6 Å². The van der Waals surface area contributed by atoms with E-state index in [1.165, 1.54) is 12.3 Å². The summed E-state index contributed by atoms with van der Waals surface area (Å²) in [4.78, 5) is 29.1. The molecule has 0 saturated heterocycles. The molecule has 0 aliphatic heterocycles. The van der Waals surface area contributed by atoms with Crippen LogP contribution < -0.4 is 15.4 Å². The fourth-order valence-electron chi connectivity index (χ4n) is 5.04. The Labute approximate surface area is 190 Å². The number of rotatable bonds is 7. The maximum absolute atomic E-state index is 13.6. The standard InChI is InChI=1S/C24H26FN3O5/c1-14-2-7-17(8-18(14)25)32-10-20(30)27-23-11-24(12-23,13-23)28-21(31)19-9-26-22(33-19)15-3-5-16(29)6-4-15/h2-3,7-9,16,29H,4-6,10-13H2,1H3,(H,27,30)(H,28,31). The van der Waals surface area contributed by atoms with Crippen molar-refractivity contribution in [3.05, 3.63) is 53.5 Å². The quantitative estimate of drug-likeness (QED) is 0.592. The van der Waals surface area contributed by atoms with E-state index in [9.17, 15) is 19.1 Å². The third-order valence-corrected chi connectivity index (χ3v) is 6.71. The number of allylic oxidation sites excluding steroid dienone is 1. The normalized spacial score (nSPS) is 27.6. The number of hydrogen-bond donors (Lipinski definition) is 3. The SMILES string of the molecule is Cc1ccc(OCC(=O)NC23CC(NC(=O)c4cnc(C5=CCC(O)CC5)o4)(C2)C3)cc1F. The number of aliphatic hydroxyl groups is 1. The molecule has 2 aromatic rings. The lowest BCUT2D eigenvalue weighted by Gasteiger charge is -2.70. The number of benzene rings is 1. The van der Waals surface area contributed by atoms with Crippen LogP contribution in [0.4, 0.5) is 4.39 Å². The largest absolute Gasteiger partial charge is 0.484 e. The highest BCUT2D eigenvalue weighted by molar-refractivity contribution is 5.92. The number of oxazole rings is 1. The van der Waals surface area contributed by atoms with E-state index < -0.39 is 0 Å². The number of aromatic nitrogens is 1. The number of nitrogens with zero attached hydrogens (tertiary/aromatic N) is 1. The zero-order valence-corrected chi connectivity index (χ0v) is 18.3. The highest BCUT2D eigenvalue weighted by Crippen LogP contribution is 2.60. The van der Waals surface area contributed by atoms with Crippen molar-refractivity contribution in [3.63, 3.8) is 0 Å². The van der Waals surface area contributed by atoms with Crippen LogP contribution in [0.5, 0.6) is 5.75 Å². The molecule has 174 valence electrons. The van der Waals surface area contributed by atoms with Crippen molar-refractivity contribution in [1.29, 1.82) is 0 Å². The summed E-state index contributed by atoms with van der Waals surface area (Å²) in [6.45, 7) is 1.46. The minimum Gasteiger partial charge on any atom is -0.484 e. The van der Waals surface area contributed by atoms with Crippen LogP contribution in [0.1, 0.15) is 60.5 Å². The Balaban J connectivity index is 1.09. The highest BCUT2D eigenvalue weighted by Gasteiger charge is 2.69. The molecule has 0 radical (unpaired) electrons. The van der Waals surface area contributed by atoms with Gasteiger partial charge in [-0.15, -0.1) is 0 Å². The average molecular weight is 455 g/mol. The zero-order chi connectivity index (χ0) is 23.2. The first-order chi connectivity index (χ1) is 15.7. The minimum atomic E-state index is -0.377. The van der Waals surface area contributed by atoms with E-state index in [-0.39, 0.29) is 47.2 Å². The third kappa shape index (κ3) is 4.25. The second kappa shape index (κ2) is 7.98. The lowest BCUT2D eigenvalue weighted by Crippen LogP contribution is -2.84. The van der Waals surface area contributed by atoms with Gasteiger partial charge < -0.3 is 24.9 Å². The number of hydrogen-bond acceptors (Lipinski definition) is 6. The molecule has 3 fully saturated rings. The molecule has 3 saturated carbocycles. The molecule has 2 amide bonds. The van der Waals surface area contributed by atoms with Gasteiger partial charge in [-0.3, -0.25) is 9.59 Å². The van der Waals surface area contributed by atoms with Crippen LogP contribution in [0.2, 0.25) is 0 Å². The molecule has 1 unspecified atom stereocenters.